The number of carbonyl (C=O) groups excluding carboxylic acids is 1. The minimum Gasteiger partial charge on any atom is -0.451 e. The van der Waals surface area contributed by atoms with Gasteiger partial charge in [-0.2, -0.15) is 5.10 Å². The van der Waals surface area contributed by atoms with Crippen molar-refractivity contribution in [2.24, 2.45) is 7.05 Å². The summed E-state index contributed by atoms with van der Waals surface area (Å²) in [6.07, 6.45) is 5.51. The third kappa shape index (κ3) is 2.40. The first-order chi connectivity index (χ1) is 11.6. The molecule has 122 valence electrons. The second-order valence-corrected chi connectivity index (χ2v) is 6.07. The van der Waals surface area contributed by atoms with Crippen LogP contribution in [-0.2, 0) is 7.05 Å². The Labute approximate surface area is 138 Å². The van der Waals surface area contributed by atoms with Crippen molar-refractivity contribution in [3.8, 4) is 0 Å². The van der Waals surface area contributed by atoms with Gasteiger partial charge in [-0.3, -0.25) is 14.3 Å². The molecule has 6 nitrogen and oxygen atoms in total. The Hall–Kier alpha value is -2.89. The van der Waals surface area contributed by atoms with Crippen molar-refractivity contribution in [3.63, 3.8) is 0 Å². The van der Waals surface area contributed by atoms with Crippen LogP contribution < -0.4 is 5.43 Å². The van der Waals surface area contributed by atoms with Crippen LogP contribution in [0.25, 0.3) is 11.0 Å². The van der Waals surface area contributed by atoms with Gasteiger partial charge in [-0.05, 0) is 25.0 Å². The summed E-state index contributed by atoms with van der Waals surface area (Å²) < 4.78 is 7.42. The average Bonchev–Trinajstić information content (AvgIpc) is 3.22. The smallest absolute Gasteiger partial charge is 0.290 e. The normalized spacial score (nSPS) is 17.5. The van der Waals surface area contributed by atoms with E-state index in [0.29, 0.717) is 17.5 Å². The first-order valence-electron chi connectivity index (χ1n) is 7.96. The van der Waals surface area contributed by atoms with Crippen LogP contribution in [0.15, 0.2) is 51.9 Å². The van der Waals surface area contributed by atoms with Gasteiger partial charge in [0.2, 0.25) is 0 Å². The Morgan fingerprint density at radius 1 is 1.33 bits per heavy atom. The molecule has 24 heavy (non-hydrogen) atoms. The summed E-state index contributed by atoms with van der Waals surface area (Å²) in [6, 6.07) is 8.24. The summed E-state index contributed by atoms with van der Waals surface area (Å²) in [4.78, 5) is 26.9. The predicted octanol–water partition coefficient (Wildman–Crippen LogP) is 2.50. The van der Waals surface area contributed by atoms with Gasteiger partial charge in [0.15, 0.2) is 11.2 Å². The monoisotopic (exact) mass is 323 g/mol. The van der Waals surface area contributed by atoms with Gasteiger partial charge >= 0.3 is 0 Å². The quantitative estimate of drug-likeness (QED) is 0.726. The summed E-state index contributed by atoms with van der Waals surface area (Å²) in [6.45, 7) is 0.648. The first kappa shape index (κ1) is 14.7. The van der Waals surface area contributed by atoms with Crippen molar-refractivity contribution in [2.45, 2.75) is 18.9 Å². The van der Waals surface area contributed by atoms with Crippen molar-refractivity contribution in [1.82, 2.24) is 14.7 Å². The molecule has 3 heterocycles. The van der Waals surface area contributed by atoms with E-state index in [0.717, 1.165) is 18.4 Å². The molecule has 1 aromatic carbocycles. The average molecular weight is 323 g/mol. The Bertz CT molecular complexity index is 973. The van der Waals surface area contributed by atoms with E-state index in [1.54, 1.807) is 40.0 Å². The molecule has 1 saturated heterocycles. The Balaban J connectivity index is 1.71. The standard InChI is InChI=1S/C18H17N3O3/c1-20-11-12(10-19-20)14-6-4-8-21(14)18(23)17-9-15(22)13-5-2-3-7-16(13)24-17/h2-3,5,7,9-11,14H,4,6,8H2,1H3/t14-/m0/s1. The minimum atomic E-state index is -0.246. The minimum absolute atomic E-state index is 0.0250. The van der Waals surface area contributed by atoms with Crippen LogP contribution >= 0.6 is 0 Å². The number of hydrogen-bond donors (Lipinski definition) is 0. The highest BCUT2D eigenvalue weighted by atomic mass is 16.3. The van der Waals surface area contributed by atoms with E-state index in [4.69, 9.17) is 4.42 Å². The molecule has 2 aromatic heterocycles. The van der Waals surface area contributed by atoms with Crippen LogP contribution in [0, 0.1) is 0 Å². The number of fused-ring (bicyclic) bond motifs is 1. The van der Waals surface area contributed by atoms with Crippen LogP contribution in [0.4, 0.5) is 0 Å². The number of para-hydroxylation sites is 1. The largest absolute Gasteiger partial charge is 0.451 e. The number of aromatic nitrogens is 2. The molecule has 1 aliphatic heterocycles. The molecule has 0 aliphatic carbocycles. The highest BCUT2D eigenvalue weighted by Gasteiger charge is 2.32. The number of rotatable bonds is 2. The summed E-state index contributed by atoms with van der Waals surface area (Å²) in [5, 5.41) is 4.67. The van der Waals surface area contributed by atoms with Crippen molar-refractivity contribution in [3.05, 3.63) is 64.3 Å². The van der Waals surface area contributed by atoms with E-state index in [2.05, 4.69) is 5.10 Å². The molecule has 6 heteroatoms. The van der Waals surface area contributed by atoms with Gasteiger partial charge in [-0.1, -0.05) is 12.1 Å². The molecule has 1 amide bonds. The zero-order valence-corrected chi connectivity index (χ0v) is 13.3. The van der Waals surface area contributed by atoms with Crippen LogP contribution in [0.2, 0.25) is 0 Å². The molecule has 0 saturated carbocycles. The summed E-state index contributed by atoms with van der Waals surface area (Å²) in [5.74, 6) is -0.154. The number of nitrogens with zero attached hydrogens (tertiary/aromatic N) is 3. The van der Waals surface area contributed by atoms with Gasteiger partial charge in [-0.15, -0.1) is 0 Å². The van der Waals surface area contributed by atoms with E-state index in [-0.39, 0.29) is 23.1 Å². The van der Waals surface area contributed by atoms with Crippen molar-refractivity contribution < 1.29 is 9.21 Å². The third-order valence-corrected chi connectivity index (χ3v) is 4.47. The lowest BCUT2D eigenvalue weighted by molar-refractivity contribution is 0.0704. The topological polar surface area (TPSA) is 68.3 Å². The molecule has 0 unspecified atom stereocenters. The molecule has 1 atom stereocenters. The maximum Gasteiger partial charge on any atom is 0.290 e. The van der Waals surface area contributed by atoms with Gasteiger partial charge in [-0.25, -0.2) is 0 Å². The van der Waals surface area contributed by atoms with Crippen LogP contribution in [0.3, 0.4) is 0 Å². The van der Waals surface area contributed by atoms with Crippen molar-refractivity contribution >= 4 is 16.9 Å². The zero-order chi connectivity index (χ0) is 16.7. The maximum atomic E-state index is 12.9. The summed E-state index contributed by atoms with van der Waals surface area (Å²) in [7, 11) is 1.85. The fourth-order valence-electron chi connectivity index (χ4n) is 3.32. The molecular formula is C18H17N3O3. The number of hydrogen-bond acceptors (Lipinski definition) is 4. The molecule has 0 bridgehead atoms. The molecule has 1 aliphatic rings. The number of aryl methyl sites for hydroxylation is 1. The second-order valence-electron chi connectivity index (χ2n) is 6.07. The van der Waals surface area contributed by atoms with E-state index in [1.807, 2.05) is 13.2 Å². The lowest BCUT2D eigenvalue weighted by atomic mass is 10.1. The van der Waals surface area contributed by atoms with Gasteiger partial charge in [0.25, 0.3) is 5.91 Å². The van der Waals surface area contributed by atoms with Crippen LogP contribution in [0.5, 0.6) is 0 Å². The lowest BCUT2D eigenvalue weighted by Crippen LogP contribution is -2.31. The van der Waals surface area contributed by atoms with Crippen molar-refractivity contribution in [2.75, 3.05) is 6.54 Å². The van der Waals surface area contributed by atoms with Gasteiger partial charge in [0.1, 0.15) is 5.58 Å². The predicted molar refractivity (Wildman–Crippen MR) is 88.7 cm³/mol. The molecule has 0 spiro atoms. The second kappa shape index (κ2) is 5.63. The highest BCUT2D eigenvalue weighted by Crippen LogP contribution is 2.32. The molecule has 1 fully saturated rings. The fourth-order valence-corrected chi connectivity index (χ4v) is 3.32. The van der Waals surface area contributed by atoms with Gasteiger partial charge < -0.3 is 9.32 Å². The molecule has 3 aromatic rings. The molecule has 4 rings (SSSR count). The van der Waals surface area contributed by atoms with Gasteiger partial charge in [0.05, 0.1) is 17.6 Å². The Kier molecular flexibility index (Phi) is 3.45. The van der Waals surface area contributed by atoms with E-state index in [9.17, 15) is 9.59 Å². The van der Waals surface area contributed by atoms with Crippen LogP contribution in [-0.4, -0.2) is 27.1 Å². The van der Waals surface area contributed by atoms with Crippen LogP contribution in [0.1, 0.15) is 35.0 Å². The zero-order valence-electron chi connectivity index (χ0n) is 13.3. The SMILES string of the molecule is Cn1cc([C@@H]2CCCN2C(=O)c2cc(=O)c3ccccc3o2)cn1. The highest BCUT2D eigenvalue weighted by molar-refractivity contribution is 5.93. The van der Waals surface area contributed by atoms with E-state index in [1.165, 1.54) is 6.07 Å². The first-order valence-corrected chi connectivity index (χ1v) is 7.96. The number of likely N-dealkylation sites (tertiary alicyclic amines) is 1. The number of benzene rings is 1. The summed E-state index contributed by atoms with van der Waals surface area (Å²) in [5.41, 5.74) is 1.24. The maximum absolute atomic E-state index is 12.9. The van der Waals surface area contributed by atoms with E-state index >= 15 is 0 Å². The van der Waals surface area contributed by atoms with Crippen molar-refractivity contribution in [1.29, 1.82) is 0 Å². The molecule has 0 N–H and O–H groups in total. The number of carbonyl (C=O) groups is 1. The lowest BCUT2D eigenvalue weighted by Gasteiger charge is -2.23. The van der Waals surface area contributed by atoms with E-state index < -0.39 is 0 Å². The molecule has 0 radical (unpaired) electrons. The van der Waals surface area contributed by atoms with Gasteiger partial charge in [0, 0.05) is 31.4 Å². The summed E-state index contributed by atoms with van der Waals surface area (Å²) >= 11 is 0. The Morgan fingerprint density at radius 3 is 2.96 bits per heavy atom. The Morgan fingerprint density at radius 2 is 2.17 bits per heavy atom. The number of amides is 1. The third-order valence-electron chi connectivity index (χ3n) is 4.47. The molecular weight excluding hydrogens is 306 g/mol. The fraction of sp³-hybridized carbons (Fsp3) is 0.278.